The summed E-state index contributed by atoms with van der Waals surface area (Å²) in [6.45, 7) is 7.23. The Balaban J connectivity index is 1.45. The molecule has 0 atom stereocenters. The van der Waals surface area contributed by atoms with Gasteiger partial charge in [0.15, 0.2) is 0 Å². The lowest BCUT2D eigenvalue weighted by Crippen LogP contribution is -2.49. The fourth-order valence-corrected chi connectivity index (χ4v) is 3.85. The Kier molecular flexibility index (Phi) is 10.2. The van der Waals surface area contributed by atoms with E-state index >= 15 is 0 Å². The summed E-state index contributed by atoms with van der Waals surface area (Å²) < 4.78 is 5.13. The van der Waals surface area contributed by atoms with E-state index in [2.05, 4.69) is 39.2 Å². The van der Waals surface area contributed by atoms with Crippen molar-refractivity contribution >= 4 is 17.9 Å². The summed E-state index contributed by atoms with van der Waals surface area (Å²) in [6.07, 6.45) is 8.38. The Morgan fingerprint density at radius 2 is 1.82 bits per heavy atom. The molecule has 8 heteroatoms. The van der Waals surface area contributed by atoms with Crippen LogP contribution in [0.4, 0.5) is 0 Å². The molecule has 2 amide bonds. The molecule has 0 saturated carbocycles. The van der Waals surface area contributed by atoms with Gasteiger partial charge in [-0.15, -0.1) is 0 Å². The summed E-state index contributed by atoms with van der Waals surface area (Å²) in [6, 6.07) is 10.2. The van der Waals surface area contributed by atoms with Crippen LogP contribution in [0, 0.1) is 6.92 Å². The third-order valence-corrected chi connectivity index (χ3v) is 5.86. The van der Waals surface area contributed by atoms with Crippen molar-refractivity contribution in [2.24, 2.45) is 0 Å². The normalized spacial score (nSPS) is 14.5. The summed E-state index contributed by atoms with van der Waals surface area (Å²) in [4.78, 5) is 40.1. The van der Waals surface area contributed by atoms with Gasteiger partial charge < -0.3 is 14.5 Å². The highest BCUT2D eigenvalue weighted by atomic mass is 16.5. The molecule has 0 unspecified atom stereocenters. The number of carbonyl (C=O) groups is 2. The number of hydrogen-bond acceptors (Lipinski definition) is 6. The first kappa shape index (κ1) is 25.5. The molecule has 0 spiro atoms. The van der Waals surface area contributed by atoms with Gasteiger partial charge in [0.25, 0.3) is 5.91 Å². The first-order valence-electron chi connectivity index (χ1n) is 11.9. The fourth-order valence-electron chi connectivity index (χ4n) is 3.85. The van der Waals surface area contributed by atoms with Crippen molar-refractivity contribution in [2.45, 2.75) is 19.8 Å². The SMILES string of the molecule is COCCCN(CCC(=O)N1CCN(C/C=C/c2ccccc2)CC1)C(=O)c1cnc(C)cn1. The van der Waals surface area contributed by atoms with E-state index in [0.29, 0.717) is 51.3 Å². The van der Waals surface area contributed by atoms with E-state index in [1.165, 1.54) is 11.8 Å². The van der Waals surface area contributed by atoms with Crippen molar-refractivity contribution in [1.29, 1.82) is 0 Å². The lowest BCUT2D eigenvalue weighted by atomic mass is 10.2. The molecule has 1 aliphatic heterocycles. The molecular formula is C26H35N5O3. The predicted octanol–water partition coefficient (Wildman–Crippen LogP) is 2.51. The number of ether oxygens (including phenoxy) is 1. The van der Waals surface area contributed by atoms with Gasteiger partial charge in [-0.1, -0.05) is 42.5 Å². The molecule has 182 valence electrons. The summed E-state index contributed by atoms with van der Waals surface area (Å²) >= 11 is 0. The third kappa shape index (κ3) is 8.04. The lowest BCUT2D eigenvalue weighted by molar-refractivity contribution is -0.133. The maximum absolute atomic E-state index is 12.9. The van der Waals surface area contributed by atoms with Crippen molar-refractivity contribution in [3.8, 4) is 0 Å². The van der Waals surface area contributed by atoms with Gasteiger partial charge in [-0.05, 0) is 18.9 Å². The van der Waals surface area contributed by atoms with Crippen LogP contribution in [-0.2, 0) is 9.53 Å². The molecule has 8 nitrogen and oxygen atoms in total. The van der Waals surface area contributed by atoms with Crippen molar-refractivity contribution in [3.63, 3.8) is 0 Å². The average Bonchev–Trinajstić information content (AvgIpc) is 2.87. The van der Waals surface area contributed by atoms with Gasteiger partial charge in [-0.3, -0.25) is 19.5 Å². The van der Waals surface area contributed by atoms with E-state index in [-0.39, 0.29) is 11.8 Å². The van der Waals surface area contributed by atoms with Gasteiger partial charge in [-0.2, -0.15) is 0 Å². The van der Waals surface area contributed by atoms with Crippen molar-refractivity contribution < 1.29 is 14.3 Å². The first-order chi connectivity index (χ1) is 16.6. The molecule has 0 N–H and O–H groups in total. The molecule has 1 fully saturated rings. The second kappa shape index (κ2) is 13.6. The third-order valence-electron chi connectivity index (χ3n) is 5.86. The van der Waals surface area contributed by atoms with Crippen LogP contribution in [0.5, 0.6) is 0 Å². The highest BCUT2D eigenvalue weighted by Crippen LogP contribution is 2.09. The minimum atomic E-state index is -0.202. The van der Waals surface area contributed by atoms with Crippen molar-refractivity contribution in [3.05, 3.63) is 65.8 Å². The van der Waals surface area contributed by atoms with E-state index in [1.54, 1.807) is 18.2 Å². The zero-order valence-electron chi connectivity index (χ0n) is 20.2. The smallest absolute Gasteiger partial charge is 0.274 e. The average molecular weight is 466 g/mol. The van der Waals surface area contributed by atoms with Gasteiger partial charge in [0.05, 0.1) is 11.9 Å². The van der Waals surface area contributed by atoms with Crippen LogP contribution in [-0.4, -0.2) is 96.0 Å². The van der Waals surface area contributed by atoms with Gasteiger partial charge in [0, 0.05) is 72.1 Å². The lowest BCUT2D eigenvalue weighted by Gasteiger charge is -2.34. The van der Waals surface area contributed by atoms with Crippen molar-refractivity contribution in [2.75, 3.05) is 59.5 Å². The fraction of sp³-hybridized carbons (Fsp3) is 0.462. The Morgan fingerprint density at radius 3 is 2.50 bits per heavy atom. The summed E-state index contributed by atoms with van der Waals surface area (Å²) in [7, 11) is 1.64. The Hall–Kier alpha value is -3.10. The molecule has 0 aliphatic carbocycles. The van der Waals surface area contributed by atoms with Gasteiger partial charge in [-0.25, -0.2) is 4.98 Å². The summed E-state index contributed by atoms with van der Waals surface area (Å²) in [5, 5.41) is 0. The number of benzene rings is 1. The number of aryl methyl sites for hydroxylation is 1. The Labute approximate surface area is 202 Å². The van der Waals surface area contributed by atoms with E-state index in [9.17, 15) is 9.59 Å². The topological polar surface area (TPSA) is 78.9 Å². The van der Waals surface area contributed by atoms with E-state index < -0.39 is 0 Å². The number of rotatable bonds is 11. The van der Waals surface area contributed by atoms with E-state index in [0.717, 1.165) is 25.3 Å². The number of nitrogens with zero attached hydrogens (tertiary/aromatic N) is 5. The monoisotopic (exact) mass is 465 g/mol. The quantitative estimate of drug-likeness (QED) is 0.475. The molecule has 0 bridgehead atoms. The van der Waals surface area contributed by atoms with E-state index in [4.69, 9.17) is 4.74 Å². The molecule has 2 aromatic rings. The van der Waals surface area contributed by atoms with Crippen LogP contribution in [0.3, 0.4) is 0 Å². The van der Waals surface area contributed by atoms with Gasteiger partial charge >= 0.3 is 0 Å². The van der Waals surface area contributed by atoms with Crippen LogP contribution < -0.4 is 0 Å². The van der Waals surface area contributed by atoms with Crippen LogP contribution in [0.15, 0.2) is 48.8 Å². The van der Waals surface area contributed by atoms with Crippen molar-refractivity contribution in [1.82, 2.24) is 24.7 Å². The zero-order valence-corrected chi connectivity index (χ0v) is 20.2. The second-order valence-electron chi connectivity index (χ2n) is 8.43. The molecule has 3 rings (SSSR count). The second-order valence-corrected chi connectivity index (χ2v) is 8.43. The zero-order chi connectivity index (χ0) is 24.2. The number of aromatic nitrogens is 2. The minimum Gasteiger partial charge on any atom is -0.385 e. The molecule has 34 heavy (non-hydrogen) atoms. The summed E-state index contributed by atoms with van der Waals surface area (Å²) in [5.74, 6) is -0.120. The molecule has 1 aromatic heterocycles. The van der Waals surface area contributed by atoms with Gasteiger partial charge in [0.2, 0.25) is 5.91 Å². The van der Waals surface area contributed by atoms with Crippen LogP contribution >= 0.6 is 0 Å². The number of amides is 2. The standard InChI is InChI=1S/C26H35N5O3/c1-22-20-28-24(21-27-22)26(33)31(13-7-19-34-2)14-11-25(32)30-17-15-29(16-18-30)12-6-10-23-8-4-3-5-9-23/h3-6,8-10,20-21H,7,11-19H2,1-2H3/b10-6+. The predicted molar refractivity (Wildman–Crippen MR) is 132 cm³/mol. The van der Waals surface area contributed by atoms with Crippen LogP contribution in [0.2, 0.25) is 0 Å². The Morgan fingerprint density at radius 1 is 1.06 bits per heavy atom. The number of piperazine rings is 1. The molecule has 0 radical (unpaired) electrons. The highest BCUT2D eigenvalue weighted by Gasteiger charge is 2.23. The maximum atomic E-state index is 12.9. The number of carbonyl (C=O) groups excluding carboxylic acids is 2. The van der Waals surface area contributed by atoms with Gasteiger partial charge in [0.1, 0.15) is 5.69 Å². The highest BCUT2D eigenvalue weighted by molar-refractivity contribution is 5.92. The number of hydrogen-bond donors (Lipinski definition) is 0. The van der Waals surface area contributed by atoms with E-state index in [1.807, 2.05) is 30.0 Å². The number of methoxy groups -OCH3 is 1. The Bertz CT molecular complexity index is 925. The van der Waals surface area contributed by atoms with Crippen LogP contribution in [0.25, 0.3) is 6.08 Å². The largest absolute Gasteiger partial charge is 0.385 e. The molecule has 1 saturated heterocycles. The minimum absolute atomic E-state index is 0.0824. The first-order valence-corrected chi connectivity index (χ1v) is 11.9. The van der Waals surface area contributed by atoms with Crippen LogP contribution in [0.1, 0.15) is 34.6 Å². The molecule has 1 aliphatic rings. The molecule has 2 heterocycles. The molecular weight excluding hydrogens is 430 g/mol. The summed E-state index contributed by atoms with van der Waals surface area (Å²) in [5.41, 5.74) is 2.25. The molecule has 1 aromatic carbocycles. The maximum Gasteiger partial charge on any atom is 0.274 e.